The Morgan fingerprint density at radius 3 is 2.39 bits per heavy atom. The average Bonchev–Trinajstić information content (AvgIpc) is 3.02. The molecule has 1 fully saturated rings. The van der Waals surface area contributed by atoms with Gasteiger partial charge in [-0.05, 0) is 97.9 Å². The zero-order valence-corrected chi connectivity index (χ0v) is 22.1. The molecule has 3 aromatic carbocycles. The van der Waals surface area contributed by atoms with Crippen LogP contribution in [0.3, 0.4) is 0 Å². The fourth-order valence-electron chi connectivity index (χ4n) is 3.50. The molecule has 168 valence electrons. The van der Waals surface area contributed by atoms with E-state index < -0.39 is 0 Å². The minimum atomic E-state index is -0.278. The first kappa shape index (κ1) is 23.8. The summed E-state index contributed by atoms with van der Waals surface area (Å²) in [6.07, 6.45) is 1.74. The monoisotopic (exact) mass is 585 g/mol. The molecule has 33 heavy (non-hydrogen) atoms. The summed E-state index contributed by atoms with van der Waals surface area (Å²) in [6.45, 7) is 4.73. The highest BCUT2D eigenvalue weighted by molar-refractivity contribution is 9.11. The number of hydrogen-bond donors (Lipinski definition) is 0. The number of rotatable bonds is 6. The van der Waals surface area contributed by atoms with Gasteiger partial charge in [-0.25, -0.2) is 0 Å². The summed E-state index contributed by atoms with van der Waals surface area (Å²) < 4.78 is 7.54. The molecule has 0 unspecified atom stereocenters. The van der Waals surface area contributed by atoms with E-state index in [2.05, 4.69) is 37.9 Å². The highest BCUT2D eigenvalue weighted by Crippen LogP contribution is 2.38. The van der Waals surface area contributed by atoms with Crippen LogP contribution in [0.1, 0.15) is 27.8 Å². The lowest BCUT2D eigenvalue weighted by atomic mass is 10.1. The molecular weight excluding hydrogens is 566 g/mol. The lowest BCUT2D eigenvalue weighted by molar-refractivity contribution is -0.123. The predicted molar refractivity (Wildman–Crippen MR) is 140 cm³/mol. The first-order valence-corrected chi connectivity index (χ1v) is 12.7. The molecule has 0 aliphatic carbocycles. The van der Waals surface area contributed by atoms with Crippen molar-refractivity contribution in [2.45, 2.75) is 27.0 Å². The third-order valence-electron chi connectivity index (χ3n) is 5.25. The van der Waals surface area contributed by atoms with Gasteiger partial charge in [0.25, 0.3) is 11.1 Å². The summed E-state index contributed by atoms with van der Waals surface area (Å²) in [7, 11) is 0. The van der Waals surface area contributed by atoms with Gasteiger partial charge in [-0.3, -0.25) is 14.5 Å². The first-order valence-electron chi connectivity index (χ1n) is 10.3. The van der Waals surface area contributed by atoms with E-state index in [4.69, 9.17) is 4.74 Å². The van der Waals surface area contributed by atoms with E-state index in [0.29, 0.717) is 17.3 Å². The predicted octanol–water partition coefficient (Wildman–Crippen LogP) is 7.64. The van der Waals surface area contributed by atoms with Gasteiger partial charge >= 0.3 is 0 Å². The third-order valence-corrected chi connectivity index (χ3v) is 7.33. The highest BCUT2D eigenvalue weighted by atomic mass is 79.9. The lowest BCUT2D eigenvalue weighted by Crippen LogP contribution is -2.27. The van der Waals surface area contributed by atoms with E-state index in [1.165, 1.54) is 10.5 Å². The van der Waals surface area contributed by atoms with Gasteiger partial charge in [0.1, 0.15) is 12.4 Å². The van der Waals surface area contributed by atoms with Crippen molar-refractivity contribution in [3.63, 3.8) is 0 Å². The Morgan fingerprint density at radius 2 is 1.70 bits per heavy atom. The van der Waals surface area contributed by atoms with Gasteiger partial charge in [0.2, 0.25) is 0 Å². The number of aryl methyl sites for hydroxylation is 2. The molecule has 0 saturated carbocycles. The Labute approximate surface area is 214 Å². The second-order valence-electron chi connectivity index (χ2n) is 7.79. The van der Waals surface area contributed by atoms with Gasteiger partial charge in [-0.15, -0.1) is 0 Å². The van der Waals surface area contributed by atoms with Crippen LogP contribution in [0.5, 0.6) is 5.75 Å². The summed E-state index contributed by atoms with van der Waals surface area (Å²) in [4.78, 5) is 27.1. The Hall–Kier alpha value is -2.35. The fraction of sp³-hybridized carbons (Fsp3) is 0.154. The van der Waals surface area contributed by atoms with Crippen LogP contribution in [-0.2, 0) is 17.9 Å². The number of thioether (sulfide) groups is 1. The lowest BCUT2D eigenvalue weighted by Gasteiger charge is -2.14. The molecular formula is C26H21Br2NO3S. The zero-order valence-electron chi connectivity index (χ0n) is 18.1. The Balaban J connectivity index is 1.51. The number of imide groups is 1. The molecule has 3 aromatic rings. The van der Waals surface area contributed by atoms with Crippen LogP contribution in [0, 0.1) is 13.8 Å². The van der Waals surface area contributed by atoms with Gasteiger partial charge in [0, 0.05) is 0 Å². The van der Waals surface area contributed by atoms with E-state index in [-0.39, 0.29) is 17.7 Å². The SMILES string of the molecule is Cc1cccc(COc2c(Br)cc(/C=C3\SC(=O)N(Cc4ccccc4C)C3=O)cc2Br)c1. The Bertz CT molecular complexity index is 1250. The maximum Gasteiger partial charge on any atom is 0.293 e. The largest absolute Gasteiger partial charge is 0.487 e. The minimum Gasteiger partial charge on any atom is -0.487 e. The molecule has 1 heterocycles. The van der Waals surface area contributed by atoms with E-state index in [1.54, 1.807) is 6.08 Å². The molecule has 0 spiro atoms. The fourth-order valence-corrected chi connectivity index (χ4v) is 5.79. The van der Waals surface area contributed by atoms with Gasteiger partial charge < -0.3 is 4.74 Å². The normalized spacial score (nSPS) is 14.9. The number of carbonyl (C=O) groups excluding carboxylic acids is 2. The number of benzene rings is 3. The van der Waals surface area contributed by atoms with Crippen LogP contribution in [0.25, 0.3) is 6.08 Å². The molecule has 7 heteroatoms. The summed E-state index contributed by atoms with van der Waals surface area (Å²) >= 11 is 8.11. The molecule has 0 radical (unpaired) electrons. The van der Waals surface area contributed by atoms with Crippen molar-refractivity contribution in [2.75, 3.05) is 0 Å². The topological polar surface area (TPSA) is 46.6 Å². The van der Waals surface area contributed by atoms with Crippen LogP contribution < -0.4 is 4.74 Å². The number of carbonyl (C=O) groups is 2. The molecule has 4 nitrogen and oxygen atoms in total. The van der Waals surface area contributed by atoms with Gasteiger partial charge in [-0.2, -0.15) is 0 Å². The summed E-state index contributed by atoms with van der Waals surface area (Å²) in [5.74, 6) is 0.404. The smallest absolute Gasteiger partial charge is 0.293 e. The molecule has 0 bridgehead atoms. The number of amides is 2. The van der Waals surface area contributed by atoms with Crippen molar-refractivity contribution >= 4 is 60.8 Å². The molecule has 0 atom stereocenters. The zero-order chi connectivity index (χ0) is 23.5. The van der Waals surface area contributed by atoms with Gasteiger partial charge in [0.05, 0.1) is 20.4 Å². The summed E-state index contributed by atoms with van der Waals surface area (Å²) in [6, 6.07) is 19.7. The molecule has 0 N–H and O–H groups in total. The van der Waals surface area contributed by atoms with Crippen molar-refractivity contribution in [3.05, 3.63) is 102 Å². The Morgan fingerprint density at radius 1 is 0.970 bits per heavy atom. The molecule has 1 saturated heterocycles. The van der Waals surface area contributed by atoms with Crippen LogP contribution in [0.2, 0.25) is 0 Å². The van der Waals surface area contributed by atoms with Crippen molar-refractivity contribution < 1.29 is 14.3 Å². The quantitative estimate of drug-likeness (QED) is 0.278. The Kier molecular flexibility index (Phi) is 7.41. The average molecular weight is 587 g/mol. The van der Waals surface area contributed by atoms with E-state index >= 15 is 0 Å². The van der Waals surface area contributed by atoms with Crippen LogP contribution in [-0.4, -0.2) is 16.0 Å². The highest BCUT2D eigenvalue weighted by Gasteiger charge is 2.35. The third kappa shape index (κ3) is 5.60. The summed E-state index contributed by atoms with van der Waals surface area (Å²) in [5.41, 5.74) is 5.07. The van der Waals surface area contributed by atoms with Gasteiger partial charge in [0.15, 0.2) is 0 Å². The number of nitrogens with zero attached hydrogens (tertiary/aromatic N) is 1. The van der Waals surface area contributed by atoms with E-state index in [1.807, 2.05) is 68.4 Å². The van der Waals surface area contributed by atoms with Crippen molar-refractivity contribution in [1.82, 2.24) is 4.90 Å². The van der Waals surface area contributed by atoms with Crippen molar-refractivity contribution in [1.29, 1.82) is 0 Å². The van der Waals surface area contributed by atoms with E-state index in [0.717, 1.165) is 43.0 Å². The van der Waals surface area contributed by atoms with Crippen LogP contribution in [0.4, 0.5) is 4.79 Å². The second kappa shape index (κ2) is 10.3. The first-order chi connectivity index (χ1) is 15.8. The van der Waals surface area contributed by atoms with E-state index in [9.17, 15) is 9.59 Å². The molecule has 1 aliphatic rings. The van der Waals surface area contributed by atoms with Crippen molar-refractivity contribution in [3.8, 4) is 5.75 Å². The van der Waals surface area contributed by atoms with Crippen molar-refractivity contribution in [2.24, 2.45) is 0 Å². The molecule has 0 aromatic heterocycles. The standard InChI is InChI=1S/C26H21Br2NO3S/c1-16-6-5-8-18(10-16)15-32-24-21(27)11-19(12-22(24)28)13-23-25(30)29(26(31)33-23)14-20-9-4-3-7-17(20)2/h3-13H,14-15H2,1-2H3/b23-13-. The molecule has 4 rings (SSSR count). The number of hydrogen-bond acceptors (Lipinski definition) is 4. The molecule has 2 amide bonds. The molecule has 1 aliphatic heterocycles. The van der Waals surface area contributed by atoms with Crippen LogP contribution >= 0.6 is 43.6 Å². The van der Waals surface area contributed by atoms with Gasteiger partial charge in [-0.1, -0.05) is 54.1 Å². The van der Waals surface area contributed by atoms with Crippen LogP contribution in [0.15, 0.2) is 74.5 Å². The maximum atomic E-state index is 12.9. The maximum absolute atomic E-state index is 12.9. The second-order valence-corrected chi connectivity index (χ2v) is 10.5. The number of halogens is 2. The summed E-state index contributed by atoms with van der Waals surface area (Å²) in [5, 5.41) is -0.259. The minimum absolute atomic E-state index is 0.259. The number of ether oxygens (including phenoxy) is 1.